The van der Waals surface area contributed by atoms with Gasteiger partial charge in [-0.25, -0.2) is 19.9 Å². The predicted octanol–water partition coefficient (Wildman–Crippen LogP) is 2.39. The number of rotatable bonds is 5. The molecule has 10 heteroatoms. The molecule has 0 saturated heterocycles. The Morgan fingerprint density at radius 2 is 2.11 bits per heavy atom. The van der Waals surface area contributed by atoms with E-state index in [1.54, 1.807) is 6.20 Å². The van der Waals surface area contributed by atoms with Crippen molar-refractivity contribution in [2.24, 2.45) is 0 Å². The smallest absolute Gasteiger partial charge is 0.240 e. The Bertz CT molecular complexity index is 1130. The summed E-state index contributed by atoms with van der Waals surface area (Å²) in [5.41, 5.74) is 7.64. The van der Waals surface area contributed by atoms with E-state index in [-0.39, 0.29) is 17.8 Å². The van der Waals surface area contributed by atoms with Gasteiger partial charge in [-0.15, -0.1) is 0 Å². The van der Waals surface area contributed by atoms with Gasteiger partial charge in [-0.3, -0.25) is 10.1 Å². The Kier molecular flexibility index (Phi) is 4.55. The zero-order valence-corrected chi connectivity index (χ0v) is 15.2. The molecular weight excluding hydrogens is 364 g/mol. The van der Waals surface area contributed by atoms with Crippen LogP contribution in [0.1, 0.15) is 13.3 Å². The molecule has 136 valence electrons. The van der Waals surface area contributed by atoms with Crippen LogP contribution in [0.3, 0.4) is 0 Å². The van der Waals surface area contributed by atoms with E-state index in [9.17, 15) is 4.79 Å². The lowest BCUT2D eigenvalue weighted by molar-refractivity contribution is -0.115. The monoisotopic (exact) mass is 380 g/mol. The zero-order valence-electron chi connectivity index (χ0n) is 14.4. The van der Waals surface area contributed by atoms with Crippen molar-refractivity contribution in [1.29, 1.82) is 0 Å². The lowest BCUT2D eigenvalue weighted by atomic mass is 10.2. The van der Waals surface area contributed by atoms with Crippen molar-refractivity contribution in [3.05, 3.63) is 36.8 Å². The molecule has 1 atom stereocenters. The van der Waals surface area contributed by atoms with Crippen LogP contribution in [0.15, 0.2) is 41.8 Å². The van der Waals surface area contributed by atoms with Gasteiger partial charge < -0.3 is 10.7 Å². The van der Waals surface area contributed by atoms with Gasteiger partial charge in [-0.2, -0.15) is 4.98 Å². The van der Waals surface area contributed by atoms with Crippen LogP contribution >= 0.6 is 11.8 Å². The van der Waals surface area contributed by atoms with Gasteiger partial charge in [0.1, 0.15) is 10.5 Å². The van der Waals surface area contributed by atoms with Gasteiger partial charge >= 0.3 is 0 Å². The number of benzene rings is 1. The number of imidazole rings is 1. The number of hydrogen-bond acceptors (Lipinski definition) is 8. The molecule has 9 nitrogen and oxygen atoms in total. The fraction of sp³-hybridized carbons (Fsp3) is 0.176. The Morgan fingerprint density at radius 1 is 1.26 bits per heavy atom. The molecule has 3 heterocycles. The van der Waals surface area contributed by atoms with E-state index >= 15 is 0 Å². The third-order valence-corrected chi connectivity index (χ3v) is 5.26. The van der Waals surface area contributed by atoms with Crippen molar-refractivity contribution in [2.45, 2.75) is 23.6 Å². The number of anilines is 2. The number of hydrogen-bond donors (Lipinski definition) is 3. The number of H-pyrrole nitrogens is 1. The summed E-state index contributed by atoms with van der Waals surface area (Å²) >= 11 is 1.30. The predicted molar refractivity (Wildman–Crippen MR) is 104 cm³/mol. The number of nitrogen functional groups attached to an aromatic ring is 1. The summed E-state index contributed by atoms with van der Waals surface area (Å²) in [7, 11) is 0. The third-order valence-electron chi connectivity index (χ3n) is 3.91. The number of nitrogens with zero attached hydrogens (tertiary/aromatic N) is 5. The molecule has 0 aliphatic carbocycles. The number of nitrogens with two attached hydrogens (primary N) is 1. The summed E-state index contributed by atoms with van der Waals surface area (Å²) in [4.78, 5) is 36.7. The quantitative estimate of drug-likeness (QED) is 0.355. The highest BCUT2D eigenvalue weighted by Crippen LogP contribution is 2.29. The first-order valence-electron chi connectivity index (χ1n) is 8.30. The van der Waals surface area contributed by atoms with E-state index in [1.165, 1.54) is 18.1 Å². The second kappa shape index (κ2) is 7.16. The normalized spacial score (nSPS) is 12.3. The molecule has 0 radical (unpaired) electrons. The minimum absolute atomic E-state index is 0.116. The number of fused-ring (bicyclic) bond motifs is 2. The standard InChI is InChI=1S/C17H16N8OS/c1-2-11(27-15-12-13(21-8-20-12)23-16(18)25-15)14(26)24-17-19-7-9-5-3-4-6-10(9)22-17/h3-8,11H,2H2,1H3,(H,19,22,24,26)(H3,18,20,21,23,25)/t11-/m1/s1. The van der Waals surface area contributed by atoms with E-state index in [1.807, 2.05) is 31.2 Å². The molecule has 3 aromatic heterocycles. The highest BCUT2D eigenvalue weighted by atomic mass is 32.2. The second-order valence-corrected chi connectivity index (χ2v) is 6.94. The Labute approximate surface area is 158 Å². The maximum Gasteiger partial charge on any atom is 0.240 e. The van der Waals surface area contributed by atoms with Crippen LogP contribution in [0.4, 0.5) is 11.9 Å². The van der Waals surface area contributed by atoms with E-state index in [0.717, 1.165) is 10.9 Å². The average Bonchev–Trinajstić information content (AvgIpc) is 3.14. The fourth-order valence-electron chi connectivity index (χ4n) is 2.59. The van der Waals surface area contributed by atoms with E-state index in [0.29, 0.717) is 22.6 Å². The molecule has 0 aliphatic heterocycles. The summed E-state index contributed by atoms with van der Waals surface area (Å²) in [5.74, 6) is 0.180. The number of aromatic amines is 1. The third kappa shape index (κ3) is 3.51. The number of carbonyl (C=O) groups is 1. The van der Waals surface area contributed by atoms with Crippen molar-refractivity contribution in [2.75, 3.05) is 11.1 Å². The largest absolute Gasteiger partial charge is 0.368 e. The van der Waals surface area contributed by atoms with Crippen LogP contribution < -0.4 is 11.1 Å². The molecule has 0 unspecified atom stereocenters. The van der Waals surface area contributed by atoms with Crippen LogP contribution in [0.2, 0.25) is 0 Å². The summed E-state index contributed by atoms with van der Waals surface area (Å²) in [6.07, 6.45) is 3.79. The fourth-order valence-corrected chi connectivity index (χ4v) is 3.60. The van der Waals surface area contributed by atoms with Crippen molar-refractivity contribution in [1.82, 2.24) is 29.9 Å². The summed E-state index contributed by atoms with van der Waals surface area (Å²) in [6, 6.07) is 7.59. The number of carbonyl (C=O) groups excluding carboxylic acids is 1. The molecule has 4 aromatic rings. The Hall–Kier alpha value is -3.27. The molecule has 0 fully saturated rings. The summed E-state index contributed by atoms with van der Waals surface area (Å²) < 4.78 is 0. The van der Waals surface area contributed by atoms with Crippen LogP contribution in [-0.4, -0.2) is 41.1 Å². The van der Waals surface area contributed by atoms with Gasteiger partial charge in [0.15, 0.2) is 5.65 Å². The maximum atomic E-state index is 12.7. The van der Waals surface area contributed by atoms with Crippen LogP contribution in [0, 0.1) is 0 Å². The summed E-state index contributed by atoms with van der Waals surface area (Å²) in [6.45, 7) is 1.92. The Morgan fingerprint density at radius 3 is 2.96 bits per heavy atom. The molecule has 1 aromatic carbocycles. The van der Waals surface area contributed by atoms with Gasteiger partial charge in [0.2, 0.25) is 17.8 Å². The van der Waals surface area contributed by atoms with Gasteiger partial charge in [-0.05, 0) is 12.5 Å². The second-order valence-electron chi connectivity index (χ2n) is 5.74. The number of thioether (sulfide) groups is 1. The van der Waals surface area contributed by atoms with Crippen molar-refractivity contribution >= 4 is 51.6 Å². The van der Waals surface area contributed by atoms with E-state index in [2.05, 4.69) is 35.2 Å². The highest BCUT2D eigenvalue weighted by molar-refractivity contribution is 8.00. The first-order valence-corrected chi connectivity index (χ1v) is 9.18. The minimum atomic E-state index is -0.402. The maximum absolute atomic E-state index is 12.7. The van der Waals surface area contributed by atoms with Gasteiger partial charge in [0, 0.05) is 11.6 Å². The van der Waals surface area contributed by atoms with Gasteiger partial charge in [0.25, 0.3) is 0 Å². The molecule has 4 rings (SSSR count). The number of nitrogens with one attached hydrogen (secondary N) is 2. The summed E-state index contributed by atoms with van der Waals surface area (Å²) in [5, 5.41) is 3.87. The lowest BCUT2D eigenvalue weighted by Gasteiger charge is -2.14. The molecule has 0 bridgehead atoms. The lowest BCUT2D eigenvalue weighted by Crippen LogP contribution is -2.25. The van der Waals surface area contributed by atoms with Crippen molar-refractivity contribution < 1.29 is 4.79 Å². The van der Waals surface area contributed by atoms with E-state index < -0.39 is 5.25 Å². The molecule has 0 saturated carbocycles. The van der Waals surface area contributed by atoms with Crippen molar-refractivity contribution in [3.8, 4) is 0 Å². The molecule has 4 N–H and O–H groups in total. The molecule has 0 spiro atoms. The Balaban J connectivity index is 1.56. The number of para-hydroxylation sites is 1. The number of aromatic nitrogens is 6. The highest BCUT2D eigenvalue weighted by Gasteiger charge is 2.22. The van der Waals surface area contributed by atoms with Crippen LogP contribution in [-0.2, 0) is 4.79 Å². The molecule has 0 aliphatic rings. The average molecular weight is 380 g/mol. The zero-order chi connectivity index (χ0) is 18.8. The molecular formula is C17H16N8OS. The van der Waals surface area contributed by atoms with E-state index in [4.69, 9.17) is 5.73 Å². The van der Waals surface area contributed by atoms with Gasteiger partial charge in [0.05, 0.1) is 17.1 Å². The molecule has 1 amide bonds. The molecule has 27 heavy (non-hydrogen) atoms. The topological polar surface area (TPSA) is 135 Å². The van der Waals surface area contributed by atoms with Crippen LogP contribution in [0.5, 0.6) is 0 Å². The van der Waals surface area contributed by atoms with Crippen LogP contribution in [0.25, 0.3) is 22.1 Å². The first-order chi connectivity index (χ1) is 13.1. The van der Waals surface area contributed by atoms with Crippen molar-refractivity contribution in [3.63, 3.8) is 0 Å². The number of amides is 1. The SMILES string of the molecule is CC[C@@H](Sc1nc(N)nc2nc[nH]c12)C(=O)Nc1ncc2ccccc2n1. The van der Waals surface area contributed by atoms with Gasteiger partial charge in [-0.1, -0.05) is 36.9 Å². The minimum Gasteiger partial charge on any atom is -0.368 e. The first kappa shape index (κ1) is 17.2.